The number of anilines is 1. The molecule has 0 saturated heterocycles. The Hall–Kier alpha value is -4.41. The number of nitrogens with zero attached hydrogens (tertiary/aromatic N) is 2. The van der Waals surface area contributed by atoms with Gasteiger partial charge in [-0.2, -0.15) is 13.2 Å². The van der Waals surface area contributed by atoms with E-state index in [9.17, 15) is 14.0 Å². The SMILES string of the molecule is COC(=O)C1=CN2C(=O)N(Cc3ccc(OC)cc3)c3ccc(F)c(F)c3[C@]2(C(F)(F)F)[C@@H]1c1ccccc1. The third kappa shape index (κ3) is 3.83. The Morgan fingerprint density at radius 3 is 2.23 bits per heavy atom. The number of amides is 2. The molecule has 0 bridgehead atoms. The van der Waals surface area contributed by atoms with Crippen molar-refractivity contribution in [2.24, 2.45) is 0 Å². The lowest BCUT2D eigenvalue weighted by Crippen LogP contribution is -2.63. The van der Waals surface area contributed by atoms with Crippen LogP contribution in [0.2, 0.25) is 0 Å². The van der Waals surface area contributed by atoms with Crippen LogP contribution in [0.1, 0.15) is 22.6 Å². The highest BCUT2D eigenvalue weighted by molar-refractivity contribution is 6.01. The van der Waals surface area contributed by atoms with Crippen molar-refractivity contribution in [2.75, 3.05) is 19.1 Å². The second-order valence-electron chi connectivity index (χ2n) is 9.03. The zero-order chi connectivity index (χ0) is 28.1. The molecule has 0 fully saturated rings. The lowest BCUT2D eigenvalue weighted by Gasteiger charge is -2.50. The van der Waals surface area contributed by atoms with Crippen LogP contribution in [-0.4, -0.2) is 37.3 Å². The van der Waals surface area contributed by atoms with Gasteiger partial charge in [0.1, 0.15) is 5.75 Å². The Kier molecular flexibility index (Phi) is 6.32. The number of rotatable bonds is 5. The minimum absolute atomic E-state index is 0.0417. The minimum atomic E-state index is -5.37. The molecule has 2 heterocycles. The van der Waals surface area contributed by atoms with Crippen LogP contribution in [0.5, 0.6) is 5.75 Å². The van der Waals surface area contributed by atoms with E-state index in [2.05, 4.69) is 0 Å². The van der Waals surface area contributed by atoms with Crippen LogP contribution in [0.25, 0.3) is 0 Å². The van der Waals surface area contributed by atoms with Crippen LogP contribution in [0, 0.1) is 11.6 Å². The van der Waals surface area contributed by atoms with Crippen LogP contribution in [-0.2, 0) is 21.6 Å². The summed E-state index contributed by atoms with van der Waals surface area (Å²) in [5, 5.41) is 0. The molecule has 2 aliphatic rings. The summed E-state index contributed by atoms with van der Waals surface area (Å²) in [7, 11) is 2.43. The van der Waals surface area contributed by atoms with Gasteiger partial charge in [0.05, 0.1) is 43.5 Å². The highest BCUT2D eigenvalue weighted by Gasteiger charge is 2.73. The van der Waals surface area contributed by atoms with E-state index in [0.717, 1.165) is 24.3 Å². The van der Waals surface area contributed by atoms with Gasteiger partial charge in [0.15, 0.2) is 17.2 Å². The number of hydrogen-bond acceptors (Lipinski definition) is 4. The summed E-state index contributed by atoms with van der Waals surface area (Å²) in [5.74, 6) is -5.90. The number of fused-ring (bicyclic) bond motifs is 3. The zero-order valence-corrected chi connectivity index (χ0v) is 20.6. The number of esters is 1. The van der Waals surface area contributed by atoms with Crippen LogP contribution in [0.3, 0.4) is 0 Å². The van der Waals surface area contributed by atoms with E-state index in [4.69, 9.17) is 9.47 Å². The van der Waals surface area contributed by atoms with E-state index < -0.39 is 58.1 Å². The molecule has 0 radical (unpaired) electrons. The van der Waals surface area contributed by atoms with Crippen molar-refractivity contribution in [3.63, 3.8) is 0 Å². The van der Waals surface area contributed by atoms with Gasteiger partial charge in [-0.05, 0) is 35.4 Å². The van der Waals surface area contributed by atoms with Crippen molar-refractivity contribution in [1.82, 2.24) is 4.90 Å². The summed E-state index contributed by atoms with van der Waals surface area (Å²) in [6.45, 7) is -0.275. The van der Waals surface area contributed by atoms with Crippen LogP contribution in [0.4, 0.5) is 32.4 Å². The molecule has 0 saturated carbocycles. The molecule has 0 aliphatic carbocycles. The number of halogens is 5. The Bertz CT molecular complexity index is 1470. The number of alkyl halides is 3. The Morgan fingerprint density at radius 1 is 0.974 bits per heavy atom. The lowest BCUT2D eigenvalue weighted by molar-refractivity contribution is -0.224. The Balaban J connectivity index is 1.82. The summed E-state index contributed by atoms with van der Waals surface area (Å²) in [5.41, 5.74) is -5.14. The third-order valence-corrected chi connectivity index (χ3v) is 7.04. The number of carbonyl (C=O) groups excluding carboxylic acids is 2. The molecule has 11 heteroatoms. The van der Waals surface area contributed by atoms with Gasteiger partial charge in [-0.3, -0.25) is 9.80 Å². The molecule has 5 rings (SSSR count). The summed E-state index contributed by atoms with van der Waals surface area (Å²) in [6, 6.07) is 13.9. The maximum Gasteiger partial charge on any atom is 0.417 e. The van der Waals surface area contributed by atoms with Gasteiger partial charge in [-0.15, -0.1) is 0 Å². The predicted octanol–water partition coefficient (Wildman–Crippen LogP) is 6.03. The number of methoxy groups -OCH3 is 2. The summed E-state index contributed by atoms with van der Waals surface area (Å²) in [6.07, 6.45) is -4.64. The fourth-order valence-electron chi connectivity index (χ4n) is 5.37. The van der Waals surface area contributed by atoms with E-state index in [1.54, 1.807) is 30.3 Å². The molecule has 0 spiro atoms. The molecule has 0 aromatic heterocycles. The number of benzene rings is 3. The van der Waals surface area contributed by atoms with Gasteiger partial charge in [-0.25, -0.2) is 18.4 Å². The largest absolute Gasteiger partial charge is 0.497 e. The van der Waals surface area contributed by atoms with E-state index >= 15 is 17.6 Å². The van der Waals surface area contributed by atoms with E-state index in [1.165, 1.54) is 31.4 Å². The van der Waals surface area contributed by atoms with Crippen molar-refractivity contribution >= 4 is 17.7 Å². The lowest BCUT2D eigenvalue weighted by atomic mass is 9.70. The number of hydrogen-bond donors (Lipinski definition) is 0. The average Bonchev–Trinajstić information content (AvgIpc) is 3.31. The third-order valence-electron chi connectivity index (χ3n) is 7.04. The molecular formula is C28H21F5N2O4. The molecule has 0 N–H and O–H groups in total. The first-order chi connectivity index (χ1) is 18.6. The molecule has 0 unspecified atom stereocenters. The fourth-order valence-corrected chi connectivity index (χ4v) is 5.37. The van der Waals surface area contributed by atoms with Crippen molar-refractivity contribution in [3.05, 3.63) is 107 Å². The molecule has 3 aromatic carbocycles. The molecule has 202 valence electrons. The summed E-state index contributed by atoms with van der Waals surface area (Å²) >= 11 is 0. The Morgan fingerprint density at radius 2 is 1.64 bits per heavy atom. The molecular weight excluding hydrogens is 523 g/mol. The van der Waals surface area contributed by atoms with Crippen molar-refractivity contribution in [2.45, 2.75) is 24.2 Å². The van der Waals surface area contributed by atoms with Gasteiger partial charge < -0.3 is 9.47 Å². The van der Waals surface area contributed by atoms with Crippen LogP contribution < -0.4 is 9.64 Å². The summed E-state index contributed by atoms with van der Waals surface area (Å²) < 4.78 is 86.7. The van der Waals surface area contributed by atoms with Gasteiger partial charge in [0, 0.05) is 6.20 Å². The average molecular weight is 544 g/mol. The first kappa shape index (κ1) is 26.2. The standard InChI is InChI=1S/C28H21F5N2O4/c1-38-18-10-8-16(9-11-18)14-34-21-13-12-20(29)24(30)23(21)27(28(31,32)33)22(17-6-4-3-5-7-17)19(25(36)39-2)15-35(27)26(34)37/h3-13,15,22H,14H2,1-2H3/t22-,27+/m1/s1. The van der Waals surface area contributed by atoms with Crippen molar-refractivity contribution < 1.29 is 41.0 Å². The second-order valence-corrected chi connectivity index (χ2v) is 9.03. The highest BCUT2D eigenvalue weighted by atomic mass is 19.4. The molecule has 3 aromatic rings. The molecule has 6 nitrogen and oxygen atoms in total. The number of urea groups is 1. The highest BCUT2D eigenvalue weighted by Crippen LogP contribution is 2.63. The van der Waals surface area contributed by atoms with Crippen molar-refractivity contribution in [1.29, 1.82) is 0 Å². The zero-order valence-electron chi connectivity index (χ0n) is 20.6. The maximum atomic E-state index is 15.7. The van der Waals surface area contributed by atoms with Crippen molar-refractivity contribution in [3.8, 4) is 5.75 Å². The van der Waals surface area contributed by atoms with Gasteiger partial charge in [0.2, 0.25) is 0 Å². The second kappa shape index (κ2) is 9.40. The molecule has 39 heavy (non-hydrogen) atoms. The smallest absolute Gasteiger partial charge is 0.417 e. The fraction of sp³-hybridized carbons (Fsp3) is 0.214. The first-order valence-corrected chi connectivity index (χ1v) is 11.7. The van der Waals surface area contributed by atoms with Crippen LogP contribution in [0.15, 0.2) is 78.5 Å². The quantitative estimate of drug-likeness (QED) is 0.291. The molecule has 2 amide bonds. The van der Waals surface area contributed by atoms with Gasteiger partial charge in [0.25, 0.3) is 0 Å². The minimum Gasteiger partial charge on any atom is -0.497 e. The number of ether oxygens (including phenoxy) is 2. The summed E-state index contributed by atoms with van der Waals surface area (Å²) in [4.78, 5) is 27.9. The van der Waals surface area contributed by atoms with Gasteiger partial charge >= 0.3 is 18.2 Å². The Labute approximate surface area is 219 Å². The van der Waals surface area contributed by atoms with Gasteiger partial charge in [-0.1, -0.05) is 42.5 Å². The first-order valence-electron chi connectivity index (χ1n) is 11.7. The molecule has 2 aliphatic heterocycles. The van der Waals surface area contributed by atoms with E-state index in [0.29, 0.717) is 17.4 Å². The topological polar surface area (TPSA) is 59.1 Å². The van der Waals surface area contributed by atoms with E-state index in [-0.39, 0.29) is 17.0 Å². The molecule has 2 atom stereocenters. The normalized spacial score (nSPS) is 20.3. The van der Waals surface area contributed by atoms with Crippen LogP contribution >= 0.6 is 0 Å². The number of carbonyl (C=O) groups is 2. The predicted molar refractivity (Wildman–Crippen MR) is 130 cm³/mol. The maximum absolute atomic E-state index is 15.7. The monoisotopic (exact) mass is 544 g/mol. The van der Waals surface area contributed by atoms with E-state index in [1.807, 2.05) is 0 Å².